The van der Waals surface area contributed by atoms with Crippen molar-refractivity contribution in [1.29, 1.82) is 0 Å². The molecule has 2 saturated carbocycles. The average molecular weight is 302 g/mol. The molecule has 2 fully saturated rings. The molecule has 0 spiro atoms. The molecule has 3 heteroatoms. The number of alkyl halides is 1. The normalized spacial score (nSPS) is 32.4. The molecule has 2 aliphatic carbocycles. The lowest BCUT2D eigenvalue weighted by atomic mass is 9.98. The van der Waals surface area contributed by atoms with Crippen molar-refractivity contribution in [2.45, 2.75) is 50.8 Å². The fraction of sp³-hybridized carbons (Fsp3) is 0.929. The zero-order valence-corrected chi connectivity index (χ0v) is 12.5. The molecule has 3 atom stereocenters. The first-order valence-electron chi connectivity index (χ1n) is 7.07. The lowest BCUT2D eigenvalue weighted by Crippen LogP contribution is -2.36. The molecule has 0 saturated heterocycles. The van der Waals surface area contributed by atoms with Gasteiger partial charge in [-0.1, -0.05) is 42.6 Å². The van der Waals surface area contributed by atoms with Gasteiger partial charge in [0.05, 0.1) is 0 Å². The van der Waals surface area contributed by atoms with Crippen molar-refractivity contribution in [3.05, 3.63) is 0 Å². The van der Waals surface area contributed by atoms with Crippen molar-refractivity contribution in [3.63, 3.8) is 0 Å². The molecule has 2 nitrogen and oxygen atoms in total. The molecule has 2 aliphatic rings. The molecular formula is C14H24BrNO. The molecule has 1 amide bonds. The van der Waals surface area contributed by atoms with Crippen LogP contribution in [0.4, 0.5) is 0 Å². The van der Waals surface area contributed by atoms with Gasteiger partial charge in [0, 0.05) is 17.3 Å². The minimum absolute atomic E-state index is 0.299. The zero-order chi connectivity index (χ0) is 12.4. The van der Waals surface area contributed by atoms with Crippen LogP contribution in [0.15, 0.2) is 0 Å². The van der Waals surface area contributed by atoms with Crippen LogP contribution in [0.3, 0.4) is 0 Å². The van der Waals surface area contributed by atoms with Gasteiger partial charge in [0.2, 0.25) is 5.91 Å². The van der Waals surface area contributed by atoms with Crippen molar-refractivity contribution < 1.29 is 4.79 Å². The van der Waals surface area contributed by atoms with Crippen LogP contribution in [0.5, 0.6) is 0 Å². The monoisotopic (exact) mass is 301 g/mol. The van der Waals surface area contributed by atoms with E-state index in [0.717, 1.165) is 31.2 Å². The van der Waals surface area contributed by atoms with Gasteiger partial charge in [0.1, 0.15) is 0 Å². The molecule has 3 unspecified atom stereocenters. The maximum atomic E-state index is 12.0. The standard InChI is InChI=1S/C14H24BrNO/c1-3-9(4-2)13(15)8-16-14(17)12-6-10-5-11(10)7-12/h9-13H,3-8H2,1-2H3,(H,16,17). The molecule has 1 N–H and O–H groups in total. The third-order valence-corrected chi connectivity index (χ3v) is 5.72. The highest BCUT2D eigenvalue weighted by molar-refractivity contribution is 9.09. The lowest BCUT2D eigenvalue weighted by molar-refractivity contribution is -0.125. The molecule has 2 rings (SSSR count). The predicted molar refractivity (Wildman–Crippen MR) is 74.1 cm³/mol. The lowest BCUT2D eigenvalue weighted by Gasteiger charge is -2.21. The minimum Gasteiger partial charge on any atom is -0.355 e. The number of hydrogen-bond donors (Lipinski definition) is 1. The highest BCUT2D eigenvalue weighted by atomic mass is 79.9. The van der Waals surface area contributed by atoms with E-state index in [2.05, 4.69) is 35.1 Å². The van der Waals surface area contributed by atoms with E-state index < -0.39 is 0 Å². The Labute approximate surface area is 113 Å². The maximum Gasteiger partial charge on any atom is 0.223 e. The number of amides is 1. The summed E-state index contributed by atoms with van der Waals surface area (Å²) in [6.45, 7) is 5.22. The third-order valence-electron chi connectivity index (χ3n) is 4.65. The number of nitrogens with one attached hydrogen (secondary N) is 1. The van der Waals surface area contributed by atoms with Crippen molar-refractivity contribution >= 4 is 21.8 Å². The fourth-order valence-corrected chi connectivity index (χ4v) is 4.15. The van der Waals surface area contributed by atoms with Crippen LogP contribution >= 0.6 is 15.9 Å². The van der Waals surface area contributed by atoms with Crippen molar-refractivity contribution in [2.75, 3.05) is 6.54 Å². The van der Waals surface area contributed by atoms with E-state index >= 15 is 0 Å². The summed E-state index contributed by atoms with van der Waals surface area (Å²) in [6.07, 6.45) is 6.03. The Balaban J connectivity index is 1.68. The fourth-order valence-electron chi connectivity index (χ4n) is 3.24. The van der Waals surface area contributed by atoms with E-state index in [0.29, 0.717) is 22.6 Å². The SMILES string of the molecule is CCC(CC)C(Br)CNC(=O)C1CC2CC2C1. The Morgan fingerprint density at radius 1 is 1.24 bits per heavy atom. The predicted octanol–water partition coefficient (Wildman–Crippen LogP) is 3.35. The van der Waals surface area contributed by atoms with E-state index in [4.69, 9.17) is 0 Å². The Hall–Kier alpha value is -0.0500. The van der Waals surface area contributed by atoms with Crippen molar-refractivity contribution in [1.82, 2.24) is 5.32 Å². The molecule has 0 aromatic carbocycles. The van der Waals surface area contributed by atoms with Gasteiger partial charge < -0.3 is 5.32 Å². The Kier molecular flexibility index (Phi) is 4.51. The van der Waals surface area contributed by atoms with E-state index in [1.165, 1.54) is 19.3 Å². The van der Waals surface area contributed by atoms with Gasteiger partial charge in [-0.2, -0.15) is 0 Å². The molecule has 0 radical (unpaired) electrons. The van der Waals surface area contributed by atoms with Gasteiger partial charge in [-0.05, 0) is 37.0 Å². The first-order chi connectivity index (χ1) is 8.15. The second kappa shape index (κ2) is 5.73. The van der Waals surface area contributed by atoms with Crippen LogP contribution in [-0.2, 0) is 4.79 Å². The third kappa shape index (κ3) is 3.24. The molecule has 17 heavy (non-hydrogen) atoms. The van der Waals surface area contributed by atoms with Gasteiger partial charge in [0.25, 0.3) is 0 Å². The molecular weight excluding hydrogens is 278 g/mol. The highest BCUT2D eigenvalue weighted by Gasteiger charge is 2.47. The maximum absolute atomic E-state index is 12.0. The molecule has 0 bridgehead atoms. The van der Waals surface area contributed by atoms with Crippen LogP contribution in [0.25, 0.3) is 0 Å². The Morgan fingerprint density at radius 2 is 1.82 bits per heavy atom. The van der Waals surface area contributed by atoms with Crippen molar-refractivity contribution in [3.8, 4) is 0 Å². The molecule has 0 aliphatic heterocycles. The summed E-state index contributed by atoms with van der Waals surface area (Å²) in [6, 6.07) is 0. The number of hydrogen-bond acceptors (Lipinski definition) is 1. The first-order valence-corrected chi connectivity index (χ1v) is 7.99. The molecule has 98 valence electrons. The van der Waals surface area contributed by atoms with E-state index in [-0.39, 0.29) is 0 Å². The van der Waals surface area contributed by atoms with E-state index in [1.54, 1.807) is 0 Å². The summed E-state index contributed by atoms with van der Waals surface area (Å²) in [4.78, 5) is 12.4. The Morgan fingerprint density at radius 3 is 2.35 bits per heavy atom. The smallest absolute Gasteiger partial charge is 0.223 e. The Bertz CT molecular complexity index is 267. The van der Waals surface area contributed by atoms with Gasteiger partial charge in [0.15, 0.2) is 0 Å². The number of rotatable bonds is 6. The first kappa shape index (κ1) is 13.4. The number of carbonyl (C=O) groups is 1. The van der Waals surface area contributed by atoms with Crippen LogP contribution < -0.4 is 5.32 Å². The van der Waals surface area contributed by atoms with Crippen LogP contribution in [0.1, 0.15) is 46.0 Å². The number of carbonyl (C=O) groups excluding carboxylic acids is 1. The summed E-state index contributed by atoms with van der Waals surface area (Å²) in [5.74, 6) is 3.08. The summed E-state index contributed by atoms with van der Waals surface area (Å²) >= 11 is 3.71. The molecule has 0 heterocycles. The van der Waals surface area contributed by atoms with Gasteiger partial charge >= 0.3 is 0 Å². The largest absolute Gasteiger partial charge is 0.355 e. The van der Waals surface area contributed by atoms with Gasteiger partial charge in [-0.15, -0.1) is 0 Å². The van der Waals surface area contributed by atoms with Crippen LogP contribution in [-0.4, -0.2) is 17.3 Å². The van der Waals surface area contributed by atoms with E-state index in [9.17, 15) is 4.79 Å². The topological polar surface area (TPSA) is 29.1 Å². The molecule has 0 aromatic heterocycles. The summed E-state index contributed by atoms with van der Waals surface area (Å²) < 4.78 is 0. The van der Waals surface area contributed by atoms with E-state index in [1.807, 2.05) is 0 Å². The van der Waals surface area contributed by atoms with Gasteiger partial charge in [-0.25, -0.2) is 0 Å². The minimum atomic E-state index is 0.299. The summed E-state index contributed by atoms with van der Waals surface area (Å²) in [7, 11) is 0. The van der Waals surface area contributed by atoms with Gasteiger partial charge in [-0.3, -0.25) is 4.79 Å². The second-order valence-electron chi connectivity index (χ2n) is 5.76. The van der Waals surface area contributed by atoms with Crippen LogP contribution in [0, 0.1) is 23.7 Å². The van der Waals surface area contributed by atoms with Crippen molar-refractivity contribution in [2.24, 2.45) is 23.7 Å². The highest BCUT2D eigenvalue weighted by Crippen LogP contribution is 2.54. The zero-order valence-electron chi connectivity index (χ0n) is 10.9. The number of fused-ring (bicyclic) bond motifs is 1. The van der Waals surface area contributed by atoms with Crippen LogP contribution in [0.2, 0.25) is 0 Å². The summed E-state index contributed by atoms with van der Waals surface area (Å²) in [5.41, 5.74) is 0. The second-order valence-corrected chi connectivity index (χ2v) is 6.94. The summed E-state index contributed by atoms with van der Waals surface area (Å²) in [5, 5.41) is 3.13. The number of halogens is 1. The average Bonchev–Trinajstić information content (AvgIpc) is 2.94. The molecule has 0 aromatic rings. The quantitative estimate of drug-likeness (QED) is 0.749.